The second kappa shape index (κ2) is 8.77. The molecule has 2 aliphatic rings. The van der Waals surface area contributed by atoms with Gasteiger partial charge in [0.25, 0.3) is 0 Å². The van der Waals surface area contributed by atoms with Gasteiger partial charge in [-0.05, 0) is 56.0 Å². The second-order valence-corrected chi connectivity index (χ2v) is 8.81. The molecule has 0 amide bonds. The van der Waals surface area contributed by atoms with Crippen molar-refractivity contribution in [2.45, 2.75) is 31.7 Å². The number of nitriles is 1. The van der Waals surface area contributed by atoms with Crippen LogP contribution in [0, 0.1) is 18.3 Å². The highest BCUT2D eigenvalue weighted by atomic mass is 16.5. The van der Waals surface area contributed by atoms with Gasteiger partial charge < -0.3 is 20.1 Å². The lowest BCUT2D eigenvalue weighted by molar-refractivity contribution is -0.0529. The van der Waals surface area contributed by atoms with Crippen LogP contribution in [0.15, 0.2) is 42.6 Å². The average Bonchev–Trinajstić information content (AvgIpc) is 3.33. The molecule has 0 radical (unpaired) electrons. The largest absolute Gasteiger partial charge is 0.438 e. The van der Waals surface area contributed by atoms with Gasteiger partial charge >= 0.3 is 0 Å². The Morgan fingerprint density at radius 3 is 2.64 bits per heavy atom. The summed E-state index contributed by atoms with van der Waals surface area (Å²) < 4.78 is 11.5. The molecule has 3 aromatic rings. The quantitative estimate of drug-likeness (QED) is 0.619. The Bertz CT molecular complexity index is 1190. The summed E-state index contributed by atoms with van der Waals surface area (Å²) in [6, 6.07) is 13.4. The van der Waals surface area contributed by atoms with Crippen LogP contribution in [0.1, 0.15) is 29.8 Å². The van der Waals surface area contributed by atoms with Crippen LogP contribution in [0.2, 0.25) is 0 Å². The number of nitrogens with two attached hydrogens (primary N) is 1. The van der Waals surface area contributed by atoms with Crippen molar-refractivity contribution in [1.82, 2.24) is 15.0 Å². The number of aromatic nitrogens is 3. The van der Waals surface area contributed by atoms with E-state index in [1.165, 1.54) is 0 Å². The van der Waals surface area contributed by atoms with Gasteiger partial charge in [-0.1, -0.05) is 6.07 Å². The van der Waals surface area contributed by atoms with Crippen LogP contribution in [0.25, 0.3) is 11.3 Å². The third-order valence-corrected chi connectivity index (χ3v) is 5.99. The summed E-state index contributed by atoms with van der Waals surface area (Å²) in [6.07, 6.45) is 4.88. The predicted molar refractivity (Wildman–Crippen MR) is 124 cm³/mol. The molecule has 2 aliphatic heterocycles. The van der Waals surface area contributed by atoms with Gasteiger partial charge in [0, 0.05) is 30.9 Å². The molecule has 0 bridgehead atoms. The SMILES string of the molecule is Cc1nc(Oc2cc(C#N)ccc2-c2ccc(CC3(N)COC3)cn2)cc(N2CCCC2)n1. The molecule has 0 atom stereocenters. The first-order chi connectivity index (χ1) is 16.0. The predicted octanol–water partition coefficient (Wildman–Crippen LogP) is 3.38. The van der Waals surface area contributed by atoms with Gasteiger partial charge in [-0.2, -0.15) is 10.2 Å². The van der Waals surface area contributed by atoms with Gasteiger partial charge in [-0.25, -0.2) is 4.98 Å². The molecule has 1 aromatic carbocycles. The summed E-state index contributed by atoms with van der Waals surface area (Å²) in [5.74, 6) is 2.49. The summed E-state index contributed by atoms with van der Waals surface area (Å²) in [5, 5.41) is 9.42. The smallest absolute Gasteiger partial charge is 0.224 e. The number of rotatable bonds is 6. The molecule has 2 saturated heterocycles. The minimum absolute atomic E-state index is 0.302. The first kappa shape index (κ1) is 21.3. The summed E-state index contributed by atoms with van der Waals surface area (Å²) >= 11 is 0. The zero-order valence-corrected chi connectivity index (χ0v) is 18.6. The summed E-state index contributed by atoms with van der Waals surface area (Å²) in [7, 11) is 0. The molecule has 168 valence electrons. The van der Waals surface area contributed by atoms with E-state index in [2.05, 4.69) is 25.9 Å². The van der Waals surface area contributed by atoms with Gasteiger partial charge in [0.15, 0.2) is 0 Å². The lowest BCUT2D eigenvalue weighted by Crippen LogP contribution is -2.58. The molecule has 33 heavy (non-hydrogen) atoms. The molecule has 0 aliphatic carbocycles. The molecule has 2 aromatic heterocycles. The second-order valence-electron chi connectivity index (χ2n) is 8.81. The fraction of sp³-hybridized carbons (Fsp3) is 0.360. The van der Waals surface area contributed by atoms with E-state index in [-0.39, 0.29) is 5.54 Å². The Labute approximate surface area is 193 Å². The van der Waals surface area contributed by atoms with Crippen LogP contribution in [0.5, 0.6) is 11.6 Å². The Morgan fingerprint density at radius 2 is 1.97 bits per heavy atom. The molecule has 8 nitrogen and oxygen atoms in total. The van der Waals surface area contributed by atoms with Crippen molar-refractivity contribution in [2.24, 2.45) is 5.73 Å². The van der Waals surface area contributed by atoms with Gasteiger partial charge in [-0.15, -0.1) is 0 Å². The van der Waals surface area contributed by atoms with Crippen molar-refractivity contribution >= 4 is 5.82 Å². The molecule has 0 saturated carbocycles. The molecular formula is C25H26N6O2. The molecule has 0 unspecified atom stereocenters. The van der Waals surface area contributed by atoms with E-state index in [9.17, 15) is 5.26 Å². The lowest BCUT2D eigenvalue weighted by atomic mass is 9.91. The van der Waals surface area contributed by atoms with Crippen molar-refractivity contribution in [2.75, 3.05) is 31.2 Å². The summed E-state index contributed by atoms with van der Waals surface area (Å²) in [4.78, 5) is 15.9. The zero-order chi connectivity index (χ0) is 22.8. The lowest BCUT2D eigenvalue weighted by Gasteiger charge is -2.37. The van der Waals surface area contributed by atoms with Crippen molar-refractivity contribution in [3.05, 3.63) is 59.5 Å². The number of hydrogen-bond acceptors (Lipinski definition) is 8. The van der Waals surface area contributed by atoms with Crippen LogP contribution in [-0.4, -0.2) is 46.8 Å². The van der Waals surface area contributed by atoms with E-state index in [0.29, 0.717) is 36.2 Å². The third-order valence-electron chi connectivity index (χ3n) is 5.99. The van der Waals surface area contributed by atoms with Gasteiger partial charge in [0.05, 0.1) is 36.1 Å². The maximum absolute atomic E-state index is 9.42. The van der Waals surface area contributed by atoms with E-state index >= 15 is 0 Å². The molecular weight excluding hydrogens is 416 g/mol. The molecule has 0 spiro atoms. The van der Waals surface area contributed by atoms with Gasteiger partial charge in [0.1, 0.15) is 17.4 Å². The van der Waals surface area contributed by atoms with Crippen LogP contribution in [0.4, 0.5) is 5.82 Å². The summed E-state index contributed by atoms with van der Waals surface area (Å²) in [6.45, 7) is 4.96. The standard InChI is InChI=1S/C25H26N6O2/c1-17-29-23(31-8-2-3-9-31)11-24(30-17)33-22-10-18(13-26)4-6-20(22)21-7-5-19(14-28-21)12-25(27)15-32-16-25/h4-7,10-11,14H,2-3,8-9,12,15-16,27H2,1H3. The Kier molecular flexibility index (Phi) is 5.67. The maximum Gasteiger partial charge on any atom is 0.224 e. The van der Waals surface area contributed by atoms with E-state index < -0.39 is 0 Å². The van der Waals surface area contributed by atoms with E-state index in [4.69, 9.17) is 15.2 Å². The third kappa shape index (κ3) is 4.65. The molecule has 2 N–H and O–H groups in total. The number of hydrogen-bond donors (Lipinski definition) is 1. The van der Waals surface area contributed by atoms with Gasteiger partial charge in [-0.3, -0.25) is 4.98 Å². The first-order valence-electron chi connectivity index (χ1n) is 11.2. The van der Waals surface area contributed by atoms with Crippen molar-refractivity contribution < 1.29 is 9.47 Å². The highest BCUT2D eigenvalue weighted by Gasteiger charge is 2.34. The van der Waals surface area contributed by atoms with E-state index in [1.807, 2.05) is 37.4 Å². The van der Waals surface area contributed by atoms with Crippen molar-refractivity contribution in [3.8, 4) is 29.0 Å². The van der Waals surface area contributed by atoms with Crippen LogP contribution in [-0.2, 0) is 11.2 Å². The van der Waals surface area contributed by atoms with E-state index in [1.54, 1.807) is 12.1 Å². The number of nitrogens with zero attached hydrogens (tertiary/aromatic N) is 5. The number of ether oxygens (including phenoxy) is 2. The minimum Gasteiger partial charge on any atom is -0.438 e. The first-order valence-corrected chi connectivity index (χ1v) is 11.2. The monoisotopic (exact) mass is 442 g/mol. The van der Waals surface area contributed by atoms with Gasteiger partial charge in [0.2, 0.25) is 5.88 Å². The van der Waals surface area contributed by atoms with Crippen molar-refractivity contribution in [1.29, 1.82) is 5.26 Å². The molecule has 2 fully saturated rings. The minimum atomic E-state index is -0.302. The highest BCUT2D eigenvalue weighted by Crippen LogP contribution is 2.34. The average molecular weight is 443 g/mol. The molecule has 8 heteroatoms. The topological polar surface area (TPSA) is 110 Å². The fourth-order valence-electron chi connectivity index (χ4n) is 4.25. The Balaban J connectivity index is 1.44. The van der Waals surface area contributed by atoms with Crippen LogP contribution >= 0.6 is 0 Å². The molecule has 4 heterocycles. The summed E-state index contributed by atoms with van der Waals surface area (Å²) in [5.41, 5.74) is 9.07. The highest BCUT2D eigenvalue weighted by molar-refractivity contribution is 5.69. The Hall–Kier alpha value is -3.54. The number of aryl methyl sites for hydroxylation is 1. The maximum atomic E-state index is 9.42. The van der Waals surface area contributed by atoms with E-state index in [0.717, 1.165) is 55.0 Å². The van der Waals surface area contributed by atoms with Crippen molar-refractivity contribution in [3.63, 3.8) is 0 Å². The van der Waals surface area contributed by atoms with Crippen LogP contribution in [0.3, 0.4) is 0 Å². The van der Waals surface area contributed by atoms with Crippen LogP contribution < -0.4 is 15.4 Å². The number of anilines is 1. The Morgan fingerprint density at radius 1 is 1.15 bits per heavy atom. The molecule has 5 rings (SSSR count). The number of benzene rings is 1. The normalized spacial score (nSPS) is 16.8. The zero-order valence-electron chi connectivity index (χ0n) is 18.6. The fourth-order valence-corrected chi connectivity index (χ4v) is 4.25. The number of pyridine rings is 1.